The van der Waals surface area contributed by atoms with Crippen LogP contribution in [0.25, 0.3) is 10.9 Å². The van der Waals surface area contributed by atoms with Gasteiger partial charge in [-0.05, 0) is 104 Å². The molecule has 4 aliphatic rings. The number of methoxy groups -OCH3 is 2. The molecule has 40 heavy (non-hydrogen) atoms. The molecule has 0 bridgehead atoms. The number of aliphatic hydroxyl groups is 3. The lowest BCUT2D eigenvalue weighted by Crippen LogP contribution is -2.62. The first-order valence-corrected chi connectivity index (χ1v) is 15.5. The molecule has 7 heteroatoms. The van der Waals surface area contributed by atoms with E-state index in [-0.39, 0.29) is 35.1 Å². The van der Waals surface area contributed by atoms with E-state index in [0.29, 0.717) is 41.1 Å². The van der Waals surface area contributed by atoms with Gasteiger partial charge in [-0.1, -0.05) is 20.8 Å². The number of nitrogens with zero attached hydrogens (tertiary/aromatic N) is 2. The lowest BCUT2D eigenvalue weighted by molar-refractivity contribution is -0.207. The Morgan fingerprint density at radius 3 is 2.48 bits per heavy atom. The Kier molecular flexibility index (Phi) is 7.32. The summed E-state index contributed by atoms with van der Waals surface area (Å²) in [5.74, 6) is 4.26. The maximum Gasteiger partial charge on any atom is 0.162 e. The minimum Gasteiger partial charge on any atom is -0.493 e. The van der Waals surface area contributed by atoms with E-state index in [2.05, 4.69) is 25.8 Å². The second kappa shape index (κ2) is 10.4. The van der Waals surface area contributed by atoms with Crippen molar-refractivity contribution in [3.05, 3.63) is 24.2 Å². The fourth-order valence-corrected chi connectivity index (χ4v) is 10.2. The molecule has 4 saturated carbocycles. The van der Waals surface area contributed by atoms with Gasteiger partial charge < -0.3 is 24.8 Å². The predicted molar refractivity (Wildman–Crippen MR) is 154 cm³/mol. The van der Waals surface area contributed by atoms with E-state index in [1.807, 2.05) is 18.3 Å². The normalized spacial score (nSPS) is 41.6. The Labute approximate surface area is 238 Å². The van der Waals surface area contributed by atoms with Gasteiger partial charge in [0.05, 0.1) is 38.0 Å². The smallest absolute Gasteiger partial charge is 0.162 e. The van der Waals surface area contributed by atoms with Crippen LogP contribution < -0.4 is 9.47 Å². The van der Waals surface area contributed by atoms with Crippen LogP contribution in [0.4, 0.5) is 0 Å². The number of hydrogen-bond acceptors (Lipinski definition) is 7. The lowest BCUT2D eigenvalue weighted by Gasteiger charge is -2.63. The molecule has 0 spiro atoms. The van der Waals surface area contributed by atoms with Crippen molar-refractivity contribution in [2.75, 3.05) is 14.2 Å². The van der Waals surface area contributed by atoms with Crippen molar-refractivity contribution in [1.29, 1.82) is 0 Å². The summed E-state index contributed by atoms with van der Waals surface area (Å²) in [4.78, 5) is 9.50. The number of benzene rings is 1. The molecule has 220 valence electrons. The van der Waals surface area contributed by atoms with E-state index in [4.69, 9.17) is 14.5 Å². The van der Waals surface area contributed by atoms with Gasteiger partial charge >= 0.3 is 0 Å². The van der Waals surface area contributed by atoms with Crippen molar-refractivity contribution in [3.8, 4) is 11.5 Å². The molecule has 4 fully saturated rings. The van der Waals surface area contributed by atoms with Crippen LogP contribution in [0.2, 0.25) is 0 Å². The number of aryl methyl sites for hydroxylation is 1. The molecule has 4 aliphatic carbocycles. The number of ether oxygens (including phenoxy) is 2. The van der Waals surface area contributed by atoms with Gasteiger partial charge in [-0.3, -0.25) is 0 Å². The van der Waals surface area contributed by atoms with E-state index in [1.165, 1.54) is 0 Å². The summed E-state index contributed by atoms with van der Waals surface area (Å²) in [6.45, 7) is 7.06. The van der Waals surface area contributed by atoms with E-state index in [0.717, 1.165) is 74.5 Å². The highest BCUT2D eigenvalue weighted by Gasteiger charge is 2.65. The van der Waals surface area contributed by atoms with Gasteiger partial charge in [-0.2, -0.15) is 0 Å². The molecule has 6 rings (SSSR count). The van der Waals surface area contributed by atoms with Gasteiger partial charge in [0, 0.05) is 24.1 Å². The minimum absolute atomic E-state index is 0.106. The molecule has 0 saturated heterocycles. The van der Waals surface area contributed by atoms with Crippen molar-refractivity contribution in [1.82, 2.24) is 9.97 Å². The summed E-state index contributed by atoms with van der Waals surface area (Å²) >= 11 is 0. The first-order chi connectivity index (χ1) is 19.1. The van der Waals surface area contributed by atoms with Gasteiger partial charge in [0.25, 0.3) is 0 Å². The zero-order valence-electron chi connectivity index (χ0n) is 24.8. The molecule has 1 aromatic carbocycles. The molecule has 0 aliphatic heterocycles. The Morgan fingerprint density at radius 2 is 1.73 bits per heavy atom. The molecule has 11 atom stereocenters. The fraction of sp³-hybridized carbons (Fsp3) is 0.758. The zero-order chi connectivity index (χ0) is 28.4. The van der Waals surface area contributed by atoms with Crippen LogP contribution in [0.5, 0.6) is 11.5 Å². The van der Waals surface area contributed by atoms with Crippen molar-refractivity contribution < 1.29 is 24.8 Å². The molecule has 2 unspecified atom stereocenters. The Morgan fingerprint density at radius 1 is 0.975 bits per heavy atom. The third-order valence-corrected chi connectivity index (χ3v) is 12.5. The predicted octanol–water partition coefficient (Wildman–Crippen LogP) is 5.18. The van der Waals surface area contributed by atoms with Crippen molar-refractivity contribution in [3.63, 3.8) is 0 Å². The minimum atomic E-state index is -0.359. The second-order valence-electron chi connectivity index (χ2n) is 14.1. The monoisotopic (exact) mass is 552 g/mol. The highest BCUT2D eigenvalue weighted by atomic mass is 16.5. The largest absolute Gasteiger partial charge is 0.493 e. The topological polar surface area (TPSA) is 105 Å². The fourth-order valence-electron chi connectivity index (χ4n) is 10.2. The molecule has 7 nitrogen and oxygen atoms in total. The van der Waals surface area contributed by atoms with Crippen molar-refractivity contribution in [2.24, 2.45) is 46.3 Å². The van der Waals surface area contributed by atoms with Gasteiger partial charge in [0.2, 0.25) is 0 Å². The molecule has 1 heterocycles. The summed E-state index contributed by atoms with van der Waals surface area (Å²) in [6.07, 6.45) is 9.10. The third kappa shape index (κ3) is 4.33. The lowest BCUT2D eigenvalue weighted by atomic mass is 9.43. The van der Waals surface area contributed by atoms with Crippen LogP contribution in [-0.2, 0) is 6.42 Å². The van der Waals surface area contributed by atoms with Gasteiger partial charge in [-0.25, -0.2) is 9.97 Å². The van der Waals surface area contributed by atoms with Crippen LogP contribution in [0, 0.1) is 46.3 Å². The van der Waals surface area contributed by atoms with Crippen LogP contribution in [0.1, 0.15) is 78.0 Å². The SMILES string of the molecule is COc1cc2cnc(CC[C@@H](C)[C@H]3CC[C@H]4C5[C@H](O)CC6C[C@H](O)CC[C@]6(C)[C@H]5C[C@H](O)[C@]34C)nc2cc1OC. The third-order valence-electron chi connectivity index (χ3n) is 12.5. The average molecular weight is 553 g/mol. The van der Waals surface area contributed by atoms with Crippen LogP contribution in [-0.4, -0.2) is 57.8 Å². The Bertz CT molecular complexity index is 1240. The number of rotatable bonds is 6. The van der Waals surface area contributed by atoms with Crippen LogP contribution in [0.3, 0.4) is 0 Å². The second-order valence-corrected chi connectivity index (χ2v) is 14.1. The van der Waals surface area contributed by atoms with Crippen LogP contribution >= 0.6 is 0 Å². The van der Waals surface area contributed by atoms with Crippen molar-refractivity contribution in [2.45, 2.75) is 96.9 Å². The maximum atomic E-state index is 11.9. The Balaban J connectivity index is 1.19. The van der Waals surface area contributed by atoms with Crippen LogP contribution in [0.15, 0.2) is 18.3 Å². The molecular weight excluding hydrogens is 504 g/mol. The number of fused-ring (bicyclic) bond motifs is 6. The Hall–Kier alpha value is -1.96. The standard InChI is InChI=1S/C33H48N2O5/c1-18(6-9-30-34-17-19-12-27(39-4)28(40-5)16-25(19)35-30)22-7-8-23-31-24(15-29(38)33(22,23)3)32(2)11-10-21(36)13-20(32)14-26(31)37/h12,16-18,20-24,26,29,31,36-38H,6-11,13-15H2,1-5H3/t18-,20?,21-,22-,23+,24+,26-,29+,31?,32+,33-/m1/s1. The molecule has 2 aromatic rings. The highest BCUT2D eigenvalue weighted by molar-refractivity contribution is 5.81. The van der Waals surface area contributed by atoms with E-state index in [1.54, 1.807) is 14.2 Å². The maximum absolute atomic E-state index is 11.9. The van der Waals surface area contributed by atoms with E-state index >= 15 is 0 Å². The van der Waals surface area contributed by atoms with Gasteiger partial charge in [-0.15, -0.1) is 0 Å². The molecule has 0 radical (unpaired) electrons. The molecular formula is C33H48N2O5. The summed E-state index contributed by atoms with van der Waals surface area (Å²) in [6, 6.07) is 3.82. The quantitative estimate of drug-likeness (QED) is 0.454. The van der Waals surface area contributed by atoms with E-state index < -0.39 is 0 Å². The first-order valence-electron chi connectivity index (χ1n) is 15.5. The van der Waals surface area contributed by atoms with Gasteiger partial charge in [0.15, 0.2) is 11.5 Å². The van der Waals surface area contributed by atoms with Gasteiger partial charge in [0.1, 0.15) is 5.82 Å². The summed E-state index contributed by atoms with van der Waals surface area (Å²) < 4.78 is 10.9. The number of hydrogen-bond donors (Lipinski definition) is 3. The number of aromatic nitrogens is 2. The summed E-state index contributed by atoms with van der Waals surface area (Å²) in [5, 5.41) is 34.7. The van der Waals surface area contributed by atoms with Crippen molar-refractivity contribution >= 4 is 10.9 Å². The summed E-state index contributed by atoms with van der Waals surface area (Å²) in [5.41, 5.74) is 0.771. The average Bonchev–Trinajstić information content (AvgIpc) is 3.30. The molecule has 3 N–H and O–H groups in total. The molecule has 1 aromatic heterocycles. The first kappa shape index (κ1) is 28.2. The highest BCUT2D eigenvalue weighted by Crippen LogP contribution is 2.68. The molecule has 0 amide bonds. The number of aliphatic hydroxyl groups excluding tert-OH is 3. The zero-order valence-corrected chi connectivity index (χ0v) is 24.8. The van der Waals surface area contributed by atoms with E-state index in [9.17, 15) is 15.3 Å². The summed E-state index contributed by atoms with van der Waals surface area (Å²) in [7, 11) is 3.26.